The number of esters is 1. The predicted octanol–water partition coefficient (Wildman–Crippen LogP) is 6.46. The molecule has 0 spiro atoms. The fourth-order valence-corrected chi connectivity index (χ4v) is 3.82. The highest BCUT2D eigenvalue weighted by atomic mass is 35.5. The second kappa shape index (κ2) is 8.01. The van der Waals surface area contributed by atoms with E-state index in [1.807, 2.05) is 30.3 Å². The summed E-state index contributed by atoms with van der Waals surface area (Å²) in [7, 11) is 1.36. The highest BCUT2D eigenvalue weighted by Crippen LogP contribution is 2.33. The molecule has 1 unspecified atom stereocenters. The van der Waals surface area contributed by atoms with Crippen LogP contribution in [0.4, 0.5) is 10.5 Å². The van der Waals surface area contributed by atoms with Gasteiger partial charge in [0.05, 0.1) is 24.1 Å². The molecular formula is C23H18Cl2N2O3. The fraction of sp³-hybridized carbons (Fsp3) is 0.130. The van der Waals surface area contributed by atoms with Crippen molar-refractivity contribution in [2.24, 2.45) is 0 Å². The van der Waals surface area contributed by atoms with Gasteiger partial charge in [-0.1, -0.05) is 35.3 Å². The van der Waals surface area contributed by atoms with Gasteiger partial charge in [0.15, 0.2) is 0 Å². The van der Waals surface area contributed by atoms with Crippen molar-refractivity contribution in [1.82, 2.24) is 4.57 Å². The minimum Gasteiger partial charge on any atom is -0.469 e. The number of carbonyl (C=O) groups is 2. The van der Waals surface area contributed by atoms with E-state index < -0.39 is 5.92 Å². The van der Waals surface area contributed by atoms with Crippen molar-refractivity contribution in [1.29, 1.82) is 0 Å². The number of fused-ring (bicyclic) bond motifs is 3. The van der Waals surface area contributed by atoms with Crippen LogP contribution in [0.2, 0.25) is 10.0 Å². The summed E-state index contributed by atoms with van der Waals surface area (Å²) in [6.07, 6.45) is 0. The highest BCUT2D eigenvalue weighted by molar-refractivity contribution is 6.32. The third-order valence-corrected chi connectivity index (χ3v) is 5.59. The third-order valence-electron chi connectivity index (χ3n) is 5.11. The number of amides is 1. The van der Waals surface area contributed by atoms with Gasteiger partial charge in [-0.15, -0.1) is 0 Å². The molecule has 0 radical (unpaired) electrons. The lowest BCUT2D eigenvalue weighted by Gasteiger charge is -2.12. The van der Waals surface area contributed by atoms with Crippen molar-refractivity contribution in [3.63, 3.8) is 0 Å². The summed E-state index contributed by atoms with van der Waals surface area (Å²) >= 11 is 12.1. The van der Waals surface area contributed by atoms with Gasteiger partial charge in [-0.2, -0.15) is 0 Å². The fourth-order valence-electron chi connectivity index (χ4n) is 3.52. The number of benzene rings is 3. The standard InChI is InChI=1S/C23H18Cl2N2O3/c1-13(22(28)30-2)14-3-9-18-19-12-16(25)6-10-20(19)27(21(18)11-14)23(29)26-17-7-4-15(24)5-8-17/h3-13H,1-2H3,(H,26,29). The number of carbonyl (C=O) groups excluding carboxylic acids is 2. The zero-order chi connectivity index (χ0) is 21.4. The van der Waals surface area contributed by atoms with Crippen molar-refractivity contribution in [2.75, 3.05) is 12.4 Å². The van der Waals surface area contributed by atoms with Crippen LogP contribution in [-0.4, -0.2) is 23.7 Å². The summed E-state index contributed by atoms with van der Waals surface area (Å²) in [5.74, 6) is -0.806. The zero-order valence-electron chi connectivity index (χ0n) is 16.3. The Morgan fingerprint density at radius 2 is 1.60 bits per heavy atom. The van der Waals surface area contributed by atoms with Gasteiger partial charge in [0.25, 0.3) is 0 Å². The van der Waals surface area contributed by atoms with Crippen LogP contribution in [0.5, 0.6) is 0 Å². The number of halogens is 2. The molecular weight excluding hydrogens is 423 g/mol. The lowest BCUT2D eigenvalue weighted by atomic mass is 9.99. The van der Waals surface area contributed by atoms with Crippen LogP contribution in [0, 0.1) is 0 Å². The Balaban J connectivity index is 1.89. The molecule has 0 saturated heterocycles. The molecule has 0 aliphatic heterocycles. The van der Waals surface area contributed by atoms with E-state index in [2.05, 4.69) is 5.32 Å². The van der Waals surface area contributed by atoms with Gasteiger partial charge in [-0.05, 0) is 61.0 Å². The molecule has 1 amide bonds. The average molecular weight is 441 g/mol. The normalized spacial score (nSPS) is 12.1. The molecule has 0 aliphatic carbocycles. The van der Waals surface area contributed by atoms with E-state index in [0.29, 0.717) is 26.8 Å². The SMILES string of the molecule is COC(=O)C(C)c1ccc2c3cc(Cl)ccc3n(C(=O)Nc3ccc(Cl)cc3)c2c1. The lowest BCUT2D eigenvalue weighted by Crippen LogP contribution is -2.19. The number of nitrogens with one attached hydrogen (secondary N) is 1. The first-order valence-electron chi connectivity index (χ1n) is 9.27. The Hall–Kier alpha value is -3.02. The van der Waals surface area contributed by atoms with Crippen LogP contribution in [0.1, 0.15) is 18.4 Å². The van der Waals surface area contributed by atoms with Crippen LogP contribution in [0.25, 0.3) is 21.8 Å². The van der Waals surface area contributed by atoms with Gasteiger partial charge >= 0.3 is 12.0 Å². The molecule has 5 nitrogen and oxygen atoms in total. The first-order valence-corrected chi connectivity index (χ1v) is 10.0. The molecule has 1 atom stereocenters. The largest absolute Gasteiger partial charge is 0.469 e. The number of aromatic nitrogens is 1. The maximum atomic E-state index is 13.2. The summed E-state index contributed by atoms with van der Waals surface area (Å²) < 4.78 is 6.45. The third kappa shape index (κ3) is 3.62. The Kier molecular flexibility index (Phi) is 5.41. The first-order chi connectivity index (χ1) is 14.4. The smallest absolute Gasteiger partial charge is 0.330 e. The molecule has 0 saturated carbocycles. The number of hydrogen-bond acceptors (Lipinski definition) is 3. The van der Waals surface area contributed by atoms with E-state index in [9.17, 15) is 9.59 Å². The number of nitrogens with zero attached hydrogens (tertiary/aromatic N) is 1. The molecule has 0 aliphatic rings. The summed E-state index contributed by atoms with van der Waals surface area (Å²) in [4.78, 5) is 25.3. The quantitative estimate of drug-likeness (QED) is 0.371. The van der Waals surface area contributed by atoms with E-state index in [0.717, 1.165) is 16.3 Å². The predicted molar refractivity (Wildman–Crippen MR) is 121 cm³/mol. The molecule has 4 rings (SSSR count). The highest BCUT2D eigenvalue weighted by Gasteiger charge is 2.21. The van der Waals surface area contributed by atoms with Crippen LogP contribution in [-0.2, 0) is 9.53 Å². The van der Waals surface area contributed by atoms with Crippen molar-refractivity contribution in [3.8, 4) is 0 Å². The van der Waals surface area contributed by atoms with Crippen LogP contribution >= 0.6 is 23.2 Å². The molecule has 3 aromatic carbocycles. The molecule has 1 aromatic heterocycles. The second-order valence-corrected chi connectivity index (χ2v) is 7.83. The molecule has 0 fully saturated rings. The number of hydrogen-bond donors (Lipinski definition) is 1. The van der Waals surface area contributed by atoms with Crippen molar-refractivity contribution < 1.29 is 14.3 Å². The summed E-state index contributed by atoms with van der Waals surface area (Å²) in [6, 6.07) is 17.5. The molecule has 152 valence electrons. The topological polar surface area (TPSA) is 60.3 Å². The van der Waals surface area contributed by atoms with E-state index in [1.54, 1.807) is 41.8 Å². The van der Waals surface area contributed by atoms with E-state index >= 15 is 0 Å². The van der Waals surface area contributed by atoms with E-state index in [-0.39, 0.29) is 12.0 Å². The Morgan fingerprint density at radius 3 is 2.30 bits per heavy atom. The maximum Gasteiger partial charge on any atom is 0.330 e. The van der Waals surface area contributed by atoms with Crippen LogP contribution in [0.15, 0.2) is 60.7 Å². The number of rotatable bonds is 3. The average Bonchev–Trinajstić information content (AvgIpc) is 3.07. The molecule has 1 heterocycles. The van der Waals surface area contributed by atoms with Crippen molar-refractivity contribution >= 4 is 62.7 Å². The summed E-state index contributed by atoms with van der Waals surface area (Å²) in [6.45, 7) is 1.77. The molecule has 1 N–H and O–H groups in total. The Labute approximate surface area is 183 Å². The molecule has 7 heteroatoms. The minimum absolute atomic E-state index is 0.331. The summed E-state index contributed by atoms with van der Waals surface area (Å²) in [5, 5.41) is 5.76. The molecule has 30 heavy (non-hydrogen) atoms. The Bertz CT molecular complexity index is 1280. The van der Waals surface area contributed by atoms with Gasteiger partial charge in [-0.3, -0.25) is 9.36 Å². The number of anilines is 1. The van der Waals surface area contributed by atoms with Gasteiger partial charge in [0.1, 0.15) is 0 Å². The second-order valence-electron chi connectivity index (χ2n) is 6.96. The monoisotopic (exact) mass is 440 g/mol. The molecule has 4 aromatic rings. The van der Waals surface area contributed by atoms with E-state index in [1.165, 1.54) is 7.11 Å². The maximum absolute atomic E-state index is 13.2. The number of methoxy groups -OCH3 is 1. The van der Waals surface area contributed by atoms with Gasteiger partial charge in [0.2, 0.25) is 0 Å². The van der Waals surface area contributed by atoms with Gasteiger partial charge in [-0.25, -0.2) is 4.79 Å². The van der Waals surface area contributed by atoms with Crippen LogP contribution < -0.4 is 5.32 Å². The lowest BCUT2D eigenvalue weighted by molar-refractivity contribution is -0.141. The van der Waals surface area contributed by atoms with Gasteiger partial charge in [0, 0.05) is 26.5 Å². The Morgan fingerprint density at radius 1 is 0.900 bits per heavy atom. The number of ether oxygens (including phenoxy) is 1. The van der Waals surface area contributed by atoms with Crippen molar-refractivity contribution in [2.45, 2.75) is 12.8 Å². The molecule has 0 bridgehead atoms. The van der Waals surface area contributed by atoms with E-state index in [4.69, 9.17) is 27.9 Å². The first kappa shape index (κ1) is 20.3. The zero-order valence-corrected chi connectivity index (χ0v) is 17.8. The van der Waals surface area contributed by atoms with Gasteiger partial charge < -0.3 is 10.1 Å². The minimum atomic E-state index is -0.464. The summed E-state index contributed by atoms with van der Waals surface area (Å²) in [5.41, 5.74) is 2.76. The van der Waals surface area contributed by atoms with Crippen molar-refractivity contribution in [3.05, 3.63) is 76.3 Å². The van der Waals surface area contributed by atoms with Crippen LogP contribution in [0.3, 0.4) is 0 Å².